The molecule has 1 atom stereocenters. The average Bonchev–Trinajstić information content (AvgIpc) is 3.29. The van der Waals surface area contributed by atoms with Crippen LogP contribution in [0.15, 0.2) is 36.4 Å². The monoisotopic (exact) mass is 732 g/mol. The molecular formula is C38H48ClF3N4O5. The quantitative estimate of drug-likeness (QED) is 0.285. The van der Waals surface area contributed by atoms with Gasteiger partial charge in [-0.15, -0.1) is 0 Å². The normalized spacial score (nSPS) is 20.4. The minimum Gasteiger partial charge on any atom is -0.506 e. The molecule has 0 unspecified atom stereocenters. The first-order valence-electron chi connectivity index (χ1n) is 18.4. The van der Waals surface area contributed by atoms with E-state index >= 15 is 0 Å². The molecule has 1 aliphatic carbocycles. The fourth-order valence-electron chi connectivity index (χ4n) is 8.27. The molecule has 51 heavy (non-hydrogen) atoms. The number of alkyl halides is 3. The van der Waals surface area contributed by atoms with Crippen molar-refractivity contribution in [3.05, 3.63) is 58.1 Å². The van der Waals surface area contributed by atoms with Crippen molar-refractivity contribution >= 4 is 35.3 Å². The van der Waals surface area contributed by atoms with Crippen molar-refractivity contribution in [2.45, 2.75) is 102 Å². The number of ether oxygens (including phenoxy) is 1. The molecule has 1 saturated carbocycles. The van der Waals surface area contributed by atoms with Crippen molar-refractivity contribution in [2.75, 3.05) is 38.0 Å². The summed E-state index contributed by atoms with van der Waals surface area (Å²) in [5, 5.41) is 12.5. The van der Waals surface area contributed by atoms with E-state index in [0.29, 0.717) is 44.8 Å². The number of para-hydroxylation sites is 1. The summed E-state index contributed by atoms with van der Waals surface area (Å²) in [5.74, 6) is -0.260. The van der Waals surface area contributed by atoms with Gasteiger partial charge in [0.25, 0.3) is 5.91 Å². The van der Waals surface area contributed by atoms with Crippen molar-refractivity contribution in [3.63, 3.8) is 0 Å². The standard InChI is InChI=1S/C38H48ClF3N4O5/c39-31-23-27(22-30(34(31)47)38(40,41)42)24-33(35(48)44-17-12-26(13-18-44)11-10-25-6-2-1-3-7-25)51-37(50)45-19-15-29(16-20-45)46-21-14-28-8-4-5-9-32(28)43-36(46)49/h4-5,8-9,22-23,25-26,29,33,47H,1-3,6-7,10-21,24H2,(H,43,49)/t33-/m1/s1. The van der Waals surface area contributed by atoms with Crippen LogP contribution in [0.2, 0.25) is 5.02 Å². The number of phenols is 1. The molecule has 2 aromatic carbocycles. The van der Waals surface area contributed by atoms with E-state index in [0.717, 1.165) is 42.5 Å². The molecule has 2 N–H and O–H groups in total. The summed E-state index contributed by atoms with van der Waals surface area (Å²) in [6.45, 7) is 2.09. The second kappa shape index (κ2) is 16.3. The largest absolute Gasteiger partial charge is 0.506 e. The zero-order valence-electron chi connectivity index (χ0n) is 28.9. The SMILES string of the molecule is O=C(O[C@H](Cc1cc(Cl)c(O)c(C(F)(F)F)c1)C(=O)N1CCC(CCC2CCCCC2)CC1)N1CCC(N2CCc3ccccc3NC2=O)CC1. The summed E-state index contributed by atoms with van der Waals surface area (Å²) in [5.41, 5.74) is 0.559. The smallest absolute Gasteiger partial charge is 0.420 e. The molecule has 3 aliphatic heterocycles. The van der Waals surface area contributed by atoms with Gasteiger partial charge in [-0.2, -0.15) is 13.2 Å². The van der Waals surface area contributed by atoms with Crippen LogP contribution in [0, 0.1) is 11.8 Å². The molecule has 0 spiro atoms. The molecule has 0 radical (unpaired) electrons. The summed E-state index contributed by atoms with van der Waals surface area (Å²) < 4.78 is 47.0. The number of carbonyl (C=O) groups excluding carboxylic acids is 3. The van der Waals surface area contributed by atoms with Crippen molar-refractivity contribution in [3.8, 4) is 5.75 Å². The van der Waals surface area contributed by atoms with Gasteiger partial charge in [0.05, 0.1) is 10.6 Å². The van der Waals surface area contributed by atoms with Crippen molar-refractivity contribution in [1.82, 2.24) is 14.7 Å². The Labute approximate surface area is 302 Å². The topological polar surface area (TPSA) is 102 Å². The third kappa shape index (κ3) is 9.23. The van der Waals surface area contributed by atoms with Crippen LogP contribution in [-0.4, -0.2) is 82.7 Å². The van der Waals surface area contributed by atoms with Gasteiger partial charge in [-0.05, 0) is 73.3 Å². The van der Waals surface area contributed by atoms with Gasteiger partial charge in [0.1, 0.15) is 5.75 Å². The molecule has 2 saturated heterocycles. The Kier molecular flexibility index (Phi) is 11.9. The number of halogens is 4. The predicted octanol–water partition coefficient (Wildman–Crippen LogP) is 8.27. The lowest BCUT2D eigenvalue weighted by Gasteiger charge is -2.38. The molecule has 2 aromatic rings. The van der Waals surface area contributed by atoms with Crippen molar-refractivity contribution in [1.29, 1.82) is 0 Å². The van der Waals surface area contributed by atoms with E-state index in [-0.39, 0.29) is 37.1 Å². The van der Waals surface area contributed by atoms with Gasteiger partial charge in [-0.3, -0.25) is 4.79 Å². The first-order chi connectivity index (χ1) is 24.5. The zero-order chi connectivity index (χ0) is 36.1. The van der Waals surface area contributed by atoms with Gasteiger partial charge < -0.3 is 29.9 Å². The van der Waals surface area contributed by atoms with Gasteiger partial charge in [-0.25, -0.2) is 9.59 Å². The van der Waals surface area contributed by atoms with E-state index < -0.39 is 40.6 Å². The number of nitrogens with zero attached hydrogens (tertiary/aromatic N) is 3. The molecule has 6 rings (SSSR count). The Balaban J connectivity index is 1.10. The number of fused-ring (bicyclic) bond motifs is 1. The van der Waals surface area contributed by atoms with Crippen LogP contribution >= 0.6 is 11.6 Å². The highest BCUT2D eigenvalue weighted by Crippen LogP contribution is 2.41. The van der Waals surface area contributed by atoms with E-state index in [1.54, 1.807) is 9.80 Å². The number of anilines is 1. The van der Waals surface area contributed by atoms with E-state index in [1.165, 1.54) is 49.5 Å². The number of aromatic hydroxyl groups is 1. The minimum atomic E-state index is -4.88. The third-order valence-corrected chi connectivity index (χ3v) is 11.6. The number of rotatable bonds is 8. The molecule has 0 bridgehead atoms. The summed E-state index contributed by atoms with van der Waals surface area (Å²) in [6.07, 6.45) is 4.88. The lowest BCUT2D eigenvalue weighted by Crippen LogP contribution is -2.51. The molecule has 0 aromatic heterocycles. The molecule has 4 amide bonds. The van der Waals surface area contributed by atoms with E-state index in [9.17, 15) is 32.7 Å². The average molecular weight is 733 g/mol. The van der Waals surface area contributed by atoms with E-state index in [2.05, 4.69) is 5.32 Å². The second-order valence-corrected chi connectivity index (χ2v) is 15.1. The molecule has 278 valence electrons. The number of hydrogen-bond acceptors (Lipinski definition) is 5. The van der Waals surface area contributed by atoms with E-state index in [4.69, 9.17) is 16.3 Å². The fourth-order valence-corrected chi connectivity index (χ4v) is 8.51. The molecule has 9 nitrogen and oxygen atoms in total. The number of amides is 4. The maximum atomic E-state index is 14.0. The van der Waals surface area contributed by atoms with Crippen molar-refractivity contribution < 1.29 is 37.4 Å². The maximum absolute atomic E-state index is 14.0. The summed E-state index contributed by atoms with van der Waals surface area (Å²) in [6, 6.07) is 9.33. The van der Waals surface area contributed by atoms with Gasteiger partial charge in [0.15, 0.2) is 6.10 Å². The summed E-state index contributed by atoms with van der Waals surface area (Å²) in [4.78, 5) is 45.5. The molecule has 3 heterocycles. The Bertz CT molecular complexity index is 1550. The maximum Gasteiger partial charge on any atom is 0.420 e. The number of phenolic OH excluding ortho intramolecular Hbond substituents is 1. The van der Waals surface area contributed by atoms with Crippen LogP contribution < -0.4 is 5.32 Å². The van der Waals surface area contributed by atoms with E-state index in [1.807, 2.05) is 24.3 Å². The lowest BCUT2D eigenvalue weighted by atomic mass is 9.82. The third-order valence-electron chi connectivity index (χ3n) is 11.3. The highest BCUT2D eigenvalue weighted by Gasteiger charge is 2.38. The highest BCUT2D eigenvalue weighted by atomic mass is 35.5. The van der Waals surface area contributed by atoms with Crippen LogP contribution in [0.25, 0.3) is 0 Å². The molecule has 3 fully saturated rings. The summed E-state index contributed by atoms with van der Waals surface area (Å²) in [7, 11) is 0. The summed E-state index contributed by atoms with van der Waals surface area (Å²) >= 11 is 6.00. The van der Waals surface area contributed by atoms with Crippen LogP contribution in [0.5, 0.6) is 5.75 Å². The first-order valence-corrected chi connectivity index (χ1v) is 18.8. The predicted molar refractivity (Wildman–Crippen MR) is 188 cm³/mol. The van der Waals surface area contributed by atoms with Crippen LogP contribution in [-0.2, 0) is 28.5 Å². The number of urea groups is 1. The van der Waals surface area contributed by atoms with Crippen molar-refractivity contribution in [2.24, 2.45) is 11.8 Å². The first kappa shape index (κ1) is 37.1. The zero-order valence-corrected chi connectivity index (χ0v) is 29.7. The Hall–Kier alpha value is -3.67. The Morgan fingerprint density at radius 3 is 2.24 bits per heavy atom. The Morgan fingerprint density at radius 2 is 1.55 bits per heavy atom. The van der Waals surface area contributed by atoms with Gasteiger partial charge in [-0.1, -0.05) is 74.7 Å². The molecular weight excluding hydrogens is 685 g/mol. The number of benzene rings is 2. The number of nitrogens with one attached hydrogen (secondary N) is 1. The second-order valence-electron chi connectivity index (χ2n) is 14.6. The van der Waals surface area contributed by atoms with Gasteiger partial charge in [0, 0.05) is 50.9 Å². The Morgan fingerprint density at radius 1 is 0.902 bits per heavy atom. The lowest BCUT2D eigenvalue weighted by molar-refractivity contribution is -0.142. The number of hydrogen-bond donors (Lipinski definition) is 2. The molecule has 4 aliphatic rings. The molecule has 13 heteroatoms. The number of likely N-dealkylation sites (tertiary alicyclic amines) is 2. The number of carbonyl (C=O) groups is 3. The highest BCUT2D eigenvalue weighted by molar-refractivity contribution is 6.32. The van der Waals surface area contributed by atoms with Crippen LogP contribution in [0.3, 0.4) is 0 Å². The van der Waals surface area contributed by atoms with Gasteiger partial charge in [0.2, 0.25) is 0 Å². The fraction of sp³-hybridized carbons (Fsp3) is 0.605. The van der Waals surface area contributed by atoms with Crippen LogP contribution in [0.4, 0.5) is 28.4 Å². The minimum absolute atomic E-state index is 0.0190. The number of piperidine rings is 2. The van der Waals surface area contributed by atoms with Gasteiger partial charge >= 0.3 is 18.3 Å². The van der Waals surface area contributed by atoms with Crippen LogP contribution in [0.1, 0.15) is 87.3 Å².